The van der Waals surface area contributed by atoms with Gasteiger partial charge in [-0.3, -0.25) is 4.79 Å². The van der Waals surface area contributed by atoms with Gasteiger partial charge in [0.15, 0.2) is 0 Å². The molecule has 0 aliphatic heterocycles. The molecular weight excluding hydrogens is 951 g/mol. The summed E-state index contributed by atoms with van der Waals surface area (Å²) in [5, 5.41) is 23.2. The van der Waals surface area contributed by atoms with Gasteiger partial charge < -0.3 is 15.5 Å². The lowest BCUT2D eigenvalue weighted by atomic mass is 10.0. The number of hydrogen-bond donors (Lipinski definition) is 3. The quantitative estimate of drug-likeness (QED) is 0.0420. The molecule has 3 N–H and O–H groups in total. The first-order valence-corrected chi connectivity index (χ1v) is 34.8. The van der Waals surface area contributed by atoms with Crippen molar-refractivity contribution in [1.82, 2.24) is 5.32 Å². The van der Waals surface area contributed by atoms with Crippen molar-refractivity contribution in [3.05, 3.63) is 85.1 Å². The molecule has 1 amide bonds. The van der Waals surface area contributed by atoms with Crippen molar-refractivity contribution in [3.63, 3.8) is 0 Å². The molecule has 0 aromatic carbocycles. The summed E-state index contributed by atoms with van der Waals surface area (Å²) in [5.74, 6) is -0.0724. The summed E-state index contributed by atoms with van der Waals surface area (Å²) in [5.41, 5.74) is 0. The van der Waals surface area contributed by atoms with E-state index in [1.807, 2.05) is 6.08 Å². The molecule has 0 spiro atoms. The normalized spacial score (nSPS) is 13.2. The largest absolute Gasteiger partial charge is 0.394 e. The Morgan fingerprint density at radius 3 is 0.897 bits per heavy atom. The standard InChI is InChI=1S/C74H135NO3/c1-3-5-7-9-11-13-15-17-19-21-23-25-27-29-30-31-32-33-34-35-36-37-38-39-40-41-42-43-44-46-48-50-52-54-56-58-60-62-64-66-68-70-74(78)75-72(71-76)73(77)69-67-65-63-61-59-57-55-53-51-49-47-45-28-26-24-22-20-18-16-14-12-10-8-6-4-2/h5,7,11,13,17,19,23,25,51,53,59,61,67,69,72-73,76-77H,3-4,6,8-10,12,14-16,18,20-22,24,26-50,52,54-58,60,62-66,68,70-71H2,1-2H3,(H,75,78)/b7-5-,13-11-,19-17-,25-23-,53-51+,61-59+,69-67+. The van der Waals surface area contributed by atoms with E-state index in [-0.39, 0.29) is 12.5 Å². The zero-order chi connectivity index (χ0) is 56.2. The van der Waals surface area contributed by atoms with Gasteiger partial charge in [0.1, 0.15) is 0 Å². The third-order valence-corrected chi connectivity index (χ3v) is 15.8. The maximum absolute atomic E-state index is 12.5. The molecule has 0 radical (unpaired) electrons. The molecule has 0 aliphatic carbocycles. The fourth-order valence-electron chi connectivity index (χ4n) is 10.6. The van der Waals surface area contributed by atoms with Gasteiger partial charge in [0.2, 0.25) is 5.91 Å². The van der Waals surface area contributed by atoms with E-state index in [9.17, 15) is 15.0 Å². The number of unbranched alkanes of at least 4 members (excludes halogenated alkanes) is 45. The second-order valence-corrected chi connectivity index (χ2v) is 23.6. The van der Waals surface area contributed by atoms with Crippen molar-refractivity contribution in [2.45, 2.75) is 373 Å². The molecule has 0 rings (SSSR count). The SMILES string of the molecule is CC/C=C\C/C=C\C/C=C\C/C=C\CCCCCCCCCCCCCCCCCCCCCCCCCCCCCCC(=O)NC(CO)C(O)/C=C/CC/C=C/CC/C=C/CCCCCCCCCCCCCCCCC. The van der Waals surface area contributed by atoms with Crippen molar-refractivity contribution in [3.8, 4) is 0 Å². The molecule has 0 fully saturated rings. The van der Waals surface area contributed by atoms with Crippen molar-refractivity contribution >= 4 is 5.91 Å². The second kappa shape index (κ2) is 68.8. The van der Waals surface area contributed by atoms with Crippen LogP contribution in [0.15, 0.2) is 85.1 Å². The number of aliphatic hydroxyl groups is 2. The summed E-state index contributed by atoms with van der Waals surface area (Å²) >= 11 is 0. The summed E-state index contributed by atoms with van der Waals surface area (Å²) in [6.45, 7) is 4.21. The van der Waals surface area contributed by atoms with Crippen LogP contribution in [0.3, 0.4) is 0 Å². The molecule has 0 aliphatic rings. The first-order chi connectivity index (χ1) is 38.7. The minimum absolute atomic E-state index is 0.0724. The van der Waals surface area contributed by atoms with E-state index in [2.05, 4.69) is 92.1 Å². The summed E-state index contributed by atoms with van der Waals surface area (Å²) in [7, 11) is 0. The Bertz CT molecular complexity index is 1370. The number of allylic oxidation sites excluding steroid dienone is 13. The van der Waals surface area contributed by atoms with E-state index < -0.39 is 12.1 Å². The van der Waals surface area contributed by atoms with Gasteiger partial charge in [0.25, 0.3) is 0 Å². The van der Waals surface area contributed by atoms with E-state index >= 15 is 0 Å². The summed E-state index contributed by atoms with van der Waals surface area (Å²) in [6, 6.07) is -0.648. The maximum Gasteiger partial charge on any atom is 0.220 e. The van der Waals surface area contributed by atoms with Crippen LogP contribution in [0.25, 0.3) is 0 Å². The van der Waals surface area contributed by atoms with Crippen LogP contribution in [0.4, 0.5) is 0 Å². The van der Waals surface area contributed by atoms with Gasteiger partial charge in [-0.15, -0.1) is 0 Å². The third kappa shape index (κ3) is 64.4. The van der Waals surface area contributed by atoms with Crippen LogP contribution in [0.5, 0.6) is 0 Å². The minimum atomic E-state index is -0.873. The molecule has 2 atom stereocenters. The summed E-state index contributed by atoms with van der Waals surface area (Å²) < 4.78 is 0. The number of hydrogen-bond acceptors (Lipinski definition) is 3. The molecule has 78 heavy (non-hydrogen) atoms. The number of nitrogens with one attached hydrogen (secondary N) is 1. The molecule has 4 nitrogen and oxygen atoms in total. The zero-order valence-corrected chi connectivity index (χ0v) is 52.4. The monoisotopic (exact) mass is 1090 g/mol. The van der Waals surface area contributed by atoms with Gasteiger partial charge in [-0.2, -0.15) is 0 Å². The third-order valence-electron chi connectivity index (χ3n) is 15.8. The molecule has 0 saturated heterocycles. The van der Waals surface area contributed by atoms with E-state index in [4.69, 9.17) is 0 Å². The topological polar surface area (TPSA) is 69.6 Å². The van der Waals surface area contributed by atoms with Gasteiger partial charge in [-0.1, -0.05) is 356 Å². The molecule has 454 valence electrons. The number of rotatable bonds is 64. The lowest BCUT2D eigenvalue weighted by Crippen LogP contribution is -2.45. The van der Waals surface area contributed by atoms with Gasteiger partial charge in [-0.05, 0) is 83.5 Å². The zero-order valence-electron chi connectivity index (χ0n) is 52.4. The highest BCUT2D eigenvalue weighted by Crippen LogP contribution is 2.18. The van der Waals surface area contributed by atoms with Gasteiger partial charge in [0, 0.05) is 6.42 Å². The van der Waals surface area contributed by atoms with E-state index in [1.165, 1.54) is 276 Å². The number of carbonyl (C=O) groups is 1. The predicted octanol–water partition coefficient (Wildman–Crippen LogP) is 23.8. The Kier molecular flexibility index (Phi) is 66.7. The summed E-state index contributed by atoms with van der Waals surface area (Å²) in [4.78, 5) is 12.5. The predicted molar refractivity (Wildman–Crippen MR) is 350 cm³/mol. The Morgan fingerprint density at radius 2 is 0.577 bits per heavy atom. The van der Waals surface area contributed by atoms with E-state index in [1.54, 1.807) is 6.08 Å². The van der Waals surface area contributed by atoms with Crippen LogP contribution in [0.1, 0.15) is 361 Å². The highest BCUT2D eigenvalue weighted by molar-refractivity contribution is 5.76. The smallest absolute Gasteiger partial charge is 0.220 e. The Labute approximate surface area is 488 Å². The summed E-state index contributed by atoms with van der Waals surface area (Å²) in [6.07, 6.45) is 101. The molecule has 0 saturated carbocycles. The highest BCUT2D eigenvalue weighted by Gasteiger charge is 2.18. The van der Waals surface area contributed by atoms with Crippen LogP contribution < -0.4 is 5.32 Å². The average Bonchev–Trinajstić information content (AvgIpc) is 3.44. The van der Waals surface area contributed by atoms with E-state index in [0.29, 0.717) is 6.42 Å². The van der Waals surface area contributed by atoms with Gasteiger partial charge in [-0.25, -0.2) is 0 Å². The minimum Gasteiger partial charge on any atom is -0.394 e. The van der Waals surface area contributed by atoms with Crippen molar-refractivity contribution in [2.75, 3.05) is 6.61 Å². The molecular formula is C74H135NO3. The molecule has 0 aromatic rings. The lowest BCUT2D eigenvalue weighted by molar-refractivity contribution is -0.123. The molecule has 0 bridgehead atoms. The lowest BCUT2D eigenvalue weighted by Gasteiger charge is -2.19. The Hall–Kier alpha value is -2.43. The number of carbonyl (C=O) groups excluding carboxylic acids is 1. The fourth-order valence-corrected chi connectivity index (χ4v) is 10.6. The Balaban J connectivity index is 3.45. The van der Waals surface area contributed by atoms with Gasteiger partial charge in [0.05, 0.1) is 18.8 Å². The Morgan fingerprint density at radius 1 is 0.321 bits per heavy atom. The van der Waals surface area contributed by atoms with Crippen LogP contribution >= 0.6 is 0 Å². The van der Waals surface area contributed by atoms with Crippen LogP contribution in [0.2, 0.25) is 0 Å². The molecule has 4 heteroatoms. The molecule has 2 unspecified atom stereocenters. The molecule has 0 heterocycles. The van der Waals surface area contributed by atoms with Crippen LogP contribution in [-0.2, 0) is 4.79 Å². The molecule has 0 aromatic heterocycles. The number of aliphatic hydroxyl groups excluding tert-OH is 2. The van der Waals surface area contributed by atoms with E-state index in [0.717, 1.165) is 64.2 Å². The van der Waals surface area contributed by atoms with Crippen molar-refractivity contribution < 1.29 is 15.0 Å². The average molecular weight is 1090 g/mol. The fraction of sp³-hybridized carbons (Fsp3) is 0.797. The van der Waals surface area contributed by atoms with Crippen molar-refractivity contribution in [2.24, 2.45) is 0 Å². The van der Waals surface area contributed by atoms with Gasteiger partial charge >= 0.3 is 0 Å². The van der Waals surface area contributed by atoms with Crippen LogP contribution in [-0.4, -0.2) is 34.9 Å². The number of amides is 1. The maximum atomic E-state index is 12.5. The first kappa shape index (κ1) is 75.6. The second-order valence-electron chi connectivity index (χ2n) is 23.6. The van der Waals surface area contributed by atoms with Crippen molar-refractivity contribution in [1.29, 1.82) is 0 Å². The highest BCUT2D eigenvalue weighted by atomic mass is 16.3. The first-order valence-electron chi connectivity index (χ1n) is 34.8. The van der Waals surface area contributed by atoms with Crippen LogP contribution in [0, 0.1) is 0 Å².